The zero-order chi connectivity index (χ0) is 27.0. The summed E-state index contributed by atoms with van der Waals surface area (Å²) in [4.78, 5) is 26.8. The number of anilines is 1. The number of aryl methyl sites for hydroxylation is 1. The number of carbonyl (C=O) groups excluding carboxylic acids is 1. The van der Waals surface area contributed by atoms with E-state index in [-0.39, 0.29) is 35.2 Å². The van der Waals surface area contributed by atoms with Crippen molar-refractivity contribution in [2.24, 2.45) is 5.73 Å². The van der Waals surface area contributed by atoms with Crippen molar-refractivity contribution in [3.8, 4) is 11.8 Å². The van der Waals surface area contributed by atoms with Gasteiger partial charge < -0.3 is 10.5 Å². The molecular formula is C30H26N4O4. The Morgan fingerprint density at radius 1 is 1.05 bits per heavy atom. The molecule has 190 valence electrons. The lowest BCUT2D eigenvalue weighted by Crippen LogP contribution is -2.40. The van der Waals surface area contributed by atoms with E-state index in [1.54, 1.807) is 30.2 Å². The summed E-state index contributed by atoms with van der Waals surface area (Å²) in [6.07, 6.45) is 0.773. The zero-order valence-electron chi connectivity index (χ0n) is 21.0. The van der Waals surface area contributed by atoms with Gasteiger partial charge in [-0.1, -0.05) is 48.5 Å². The minimum atomic E-state index is -0.652. The van der Waals surface area contributed by atoms with Gasteiger partial charge in [0.15, 0.2) is 5.78 Å². The molecule has 0 amide bonds. The van der Waals surface area contributed by atoms with Crippen molar-refractivity contribution in [1.29, 1.82) is 5.26 Å². The van der Waals surface area contributed by atoms with Crippen LogP contribution in [0, 0.1) is 28.4 Å². The van der Waals surface area contributed by atoms with Crippen LogP contribution in [-0.4, -0.2) is 17.8 Å². The molecule has 2 aliphatic rings. The number of ether oxygens (including phenoxy) is 1. The number of carbonyl (C=O) groups is 1. The van der Waals surface area contributed by atoms with Gasteiger partial charge in [-0.3, -0.25) is 19.8 Å². The summed E-state index contributed by atoms with van der Waals surface area (Å²) in [5.41, 5.74) is 11.0. The molecule has 0 radical (unpaired) electrons. The van der Waals surface area contributed by atoms with Crippen LogP contribution in [0.3, 0.4) is 0 Å². The molecule has 8 nitrogen and oxygen atoms in total. The Balaban J connectivity index is 1.75. The van der Waals surface area contributed by atoms with E-state index in [9.17, 15) is 20.2 Å². The minimum Gasteiger partial charge on any atom is -0.497 e. The van der Waals surface area contributed by atoms with E-state index >= 15 is 0 Å². The third-order valence-corrected chi connectivity index (χ3v) is 7.33. The minimum absolute atomic E-state index is 0.0748. The molecule has 0 spiro atoms. The van der Waals surface area contributed by atoms with E-state index in [0.717, 1.165) is 16.7 Å². The molecule has 8 heteroatoms. The molecule has 2 N–H and O–H groups in total. The molecule has 1 aliphatic heterocycles. The van der Waals surface area contributed by atoms with Gasteiger partial charge in [0.25, 0.3) is 5.69 Å². The Kier molecular flexibility index (Phi) is 6.43. The number of nitrogens with zero attached hydrogens (tertiary/aromatic N) is 3. The van der Waals surface area contributed by atoms with Gasteiger partial charge in [0, 0.05) is 29.8 Å². The van der Waals surface area contributed by atoms with Crippen LogP contribution in [0.2, 0.25) is 0 Å². The number of nitro groups is 1. The first-order valence-electron chi connectivity index (χ1n) is 12.2. The highest BCUT2D eigenvalue weighted by molar-refractivity contribution is 6.02. The van der Waals surface area contributed by atoms with Crippen molar-refractivity contribution in [2.45, 2.75) is 31.6 Å². The summed E-state index contributed by atoms with van der Waals surface area (Å²) >= 11 is 0. The largest absolute Gasteiger partial charge is 0.497 e. The molecule has 0 saturated carbocycles. The fourth-order valence-electron chi connectivity index (χ4n) is 5.45. The van der Waals surface area contributed by atoms with E-state index in [2.05, 4.69) is 6.07 Å². The maximum absolute atomic E-state index is 13.9. The number of benzene rings is 3. The van der Waals surface area contributed by atoms with Crippen LogP contribution in [0.1, 0.15) is 41.4 Å². The summed E-state index contributed by atoms with van der Waals surface area (Å²) < 4.78 is 5.30. The number of hydrogen-bond donors (Lipinski definition) is 1. The van der Waals surface area contributed by atoms with Crippen LogP contribution < -0.4 is 15.4 Å². The van der Waals surface area contributed by atoms with Gasteiger partial charge in [-0.2, -0.15) is 5.26 Å². The van der Waals surface area contributed by atoms with Crippen LogP contribution >= 0.6 is 0 Å². The number of ketones is 1. The quantitative estimate of drug-likeness (QED) is 0.352. The van der Waals surface area contributed by atoms with Crippen LogP contribution in [-0.2, 0) is 4.79 Å². The molecule has 0 aromatic heterocycles. The van der Waals surface area contributed by atoms with Gasteiger partial charge in [0.1, 0.15) is 11.6 Å². The zero-order valence-corrected chi connectivity index (χ0v) is 21.0. The number of nitriles is 1. The van der Waals surface area contributed by atoms with Gasteiger partial charge in [0.2, 0.25) is 0 Å². The number of methoxy groups -OCH3 is 1. The lowest BCUT2D eigenvalue weighted by atomic mass is 9.71. The molecule has 38 heavy (non-hydrogen) atoms. The number of nitro benzene ring substituents is 1. The summed E-state index contributed by atoms with van der Waals surface area (Å²) in [5.74, 6) is -0.00842. The molecule has 3 aromatic carbocycles. The molecule has 1 aliphatic carbocycles. The van der Waals surface area contributed by atoms with E-state index in [1.807, 2.05) is 49.4 Å². The highest BCUT2D eigenvalue weighted by Gasteiger charge is 2.43. The van der Waals surface area contributed by atoms with E-state index in [0.29, 0.717) is 29.1 Å². The smallest absolute Gasteiger partial charge is 0.271 e. The third kappa shape index (κ3) is 4.18. The number of Topliss-reactive ketones (excluding diaryl/α,β-unsaturated/α-hetero) is 1. The van der Waals surface area contributed by atoms with Crippen molar-refractivity contribution in [2.75, 3.05) is 12.0 Å². The molecule has 0 bridgehead atoms. The number of allylic oxidation sites excluding steroid dienone is 3. The average Bonchev–Trinajstić information content (AvgIpc) is 2.93. The topological polar surface area (TPSA) is 122 Å². The number of nitrogens with two attached hydrogens (primary N) is 1. The van der Waals surface area contributed by atoms with Crippen molar-refractivity contribution < 1.29 is 14.5 Å². The van der Waals surface area contributed by atoms with Gasteiger partial charge in [-0.05, 0) is 48.1 Å². The molecule has 3 aromatic rings. The second kappa shape index (κ2) is 9.87. The van der Waals surface area contributed by atoms with E-state index < -0.39 is 10.8 Å². The maximum atomic E-state index is 13.9. The highest BCUT2D eigenvalue weighted by Crippen LogP contribution is 2.50. The molecule has 0 fully saturated rings. The predicted octanol–water partition coefficient (Wildman–Crippen LogP) is 5.61. The second-order valence-corrected chi connectivity index (χ2v) is 9.48. The lowest BCUT2D eigenvalue weighted by Gasteiger charge is -2.42. The summed E-state index contributed by atoms with van der Waals surface area (Å²) in [6, 6.07) is 23.8. The Bertz CT molecular complexity index is 1530. The first-order chi connectivity index (χ1) is 18.3. The molecular weight excluding hydrogens is 480 g/mol. The Morgan fingerprint density at radius 2 is 1.76 bits per heavy atom. The lowest BCUT2D eigenvalue weighted by molar-refractivity contribution is -0.384. The fraction of sp³-hybridized carbons (Fsp3) is 0.200. The third-order valence-electron chi connectivity index (χ3n) is 7.33. The predicted molar refractivity (Wildman–Crippen MR) is 143 cm³/mol. The highest BCUT2D eigenvalue weighted by atomic mass is 16.6. The van der Waals surface area contributed by atoms with Gasteiger partial charge >= 0.3 is 0 Å². The van der Waals surface area contributed by atoms with Gasteiger partial charge in [0.05, 0.1) is 35.3 Å². The van der Waals surface area contributed by atoms with Crippen molar-refractivity contribution in [3.05, 3.63) is 122 Å². The molecule has 0 saturated heterocycles. The standard InChI is InChI=1S/C30H26N4O4/c1-18-8-11-22(34(36)37)16-25(18)33-26-14-21(19-6-4-3-5-7-19)15-27(35)29(26)28(24(17-31)30(33)32)20-9-12-23(38-2)13-10-20/h3-13,16,21,28H,14-15,32H2,1-2H3/t21-,28-/m0/s1. The Labute approximate surface area is 220 Å². The van der Waals surface area contributed by atoms with Crippen molar-refractivity contribution in [3.63, 3.8) is 0 Å². The van der Waals surface area contributed by atoms with Gasteiger partial charge in [-0.15, -0.1) is 0 Å². The molecule has 5 rings (SSSR count). The first-order valence-corrected chi connectivity index (χ1v) is 12.2. The number of rotatable bonds is 5. The van der Waals surface area contributed by atoms with Crippen molar-refractivity contribution in [1.82, 2.24) is 0 Å². The fourth-order valence-corrected chi connectivity index (χ4v) is 5.45. The average molecular weight is 507 g/mol. The normalized spacial score (nSPS) is 19.2. The Hall–Kier alpha value is -4.90. The SMILES string of the molecule is COc1ccc([C@H]2C(C#N)=C(N)N(c3cc([N+](=O)[O-])ccc3C)C3=C2C(=O)C[C@@H](c2ccccc2)C3)cc1. The molecule has 2 atom stereocenters. The molecule has 1 heterocycles. The monoisotopic (exact) mass is 506 g/mol. The van der Waals surface area contributed by atoms with Crippen molar-refractivity contribution >= 4 is 17.2 Å². The van der Waals surface area contributed by atoms with Crippen LogP contribution in [0.5, 0.6) is 5.75 Å². The van der Waals surface area contributed by atoms with Crippen LogP contribution in [0.15, 0.2) is 95.5 Å². The van der Waals surface area contributed by atoms with E-state index in [4.69, 9.17) is 10.5 Å². The summed E-state index contributed by atoms with van der Waals surface area (Å²) in [7, 11) is 1.57. The Morgan fingerprint density at radius 3 is 2.39 bits per heavy atom. The second-order valence-electron chi connectivity index (χ2n) is 9.48. The number of non-ortho nitro benzene ring substituents is 1. The van der Waals surface area contributed by atoms with Gasteiger partial charge in [-0.25, -0.2) is 0 Å². The van der Waals surface area contributed by atoms with E-state index in [1.165, 1.54) is 12.1 Å². The maximum Gasteiger partial charge on any atom is 0.271 e. The molecule has 0 unspecified atom stereocenters. The summed E-state index contributed by atoms with van der Waals surface area (Å²) in [5, 5.41) is 21.9. The summed E-state index contributed by atoms with van der Waals surface area (Å²) in [6.45, 7) is 1.83. The number of hydrogen-bond acceptors (Lipinski definition) is 7. The van der Waals surface area contributed by atoms with Crippen LogP contribution in [0.4, 0.5) is 11.4 Å². The first kappa shape index (κ1) is 24.8. The van der Waals surface area contributed by atoms with Crippen LogP contribution in [0.25, 0.3) is 0 Å².